The highest BCUT2D eigenvalue weighted by Crippen LogP contribution is 2.25. The van der Waals surface area contributed by atoms with Gasteiger partial charge in [0.1, 0.15) is 6.10 Å². The summed E-state index contributed by atoms with van der Waals surface area (Å²) in [4.78, 5) is 0. The fraction of sp³-hybridized carbons (Fsp3) is 0.471. The number of halogens is 2. The molecule has 130 valence electrons. The van der Waals surface area contributed by atoms with Gasteiger partial charge in [-0.05, 0) is 29.7 Å². The molecule has 0 radical (unpaired) electrons. The highest BCUT2D eigenvalue weighted by atomic mass is 19.2. The molecule has 5 nitrogen and oxygen atoms in total. The second kappa shape index (κ2) is 7.83. The second-order valence-electron chi connectivity index (χ2n) is 5.78. The van der Waals surface area contributed by atoms with Crippen LogP contribution in [0.15, 0.2) is 24.4 Å². The van der Waals surface area contributed by atoms with Gasteiger partial charge < -0.3 is 14.8 Å². The first-order valence-electron chi connectivity index (χ1n) is 7.99. The average Bonchev–Trinajstić information content (AvgIpc) is 3.00. The van der Waals surface area contributed by atoms with Crippen LogP contribution < -0.4 is 5.32 Å². The Morgan fingerprint density at radius 1 is 1.38 bits per heavy atom. The maximum Gasteiger partial charge on any atom is 0.159 e. The van der Waals surface area contributed by atoms with E-state index >= 15 is 0 Å². The smallest absolute Gasteiger partial charge is 0.159 e. The minimum atomic E-state index is -0.833. The highest BCUT2D eigenvalue weighted by molar-refractivity contribution is 5.22. The van der Waals surface area contributed by atoms with Crippen molar-refractivity contribution in [1.29, 1.82) is 0 Å². The molecule has 0 saturated heterocycles. The summed E-state index contributed by atoms with van der Waals surface area (Å²) in [6.07, 6.45) is 2.75. The maximum absolute atomic E-state index is 13.2. The van der Waals surface area contributed by atoms with Crippen molar-refractivity contribution in [3.63, 3.8) is 0 Å². The van der Waals surface area contributed by atoms with Gasteiger partial charge in [0.2, 0.25) is 0 Å². The summed E-state index contributed by atoms with van der Waals surface area (Å²) in [6.45, 7) is 2.98. The number of hydrogen-bond donors (Lipinski definition) is 1. The van der Waals surface area contributed by atoms with Crippen LogP contribution in [-0.2, 0) is 29.0 Å². The molecule has 24 heavy (non-hydrogen) atoms. The highest BCUT2D eigenvalue weighted by Gasteiger charge is 2.24. The Hall–Kier alpha value is -1.83. The number of methoxy groups -OCH3 is 1. The van der Waals surface area contributed by atoms with Crippen LogP contribution in [0.1, 0.15) is 22.9 Å². The van der Waals surface area contributed by atoms with Gasteiger partial charge in [0.05, 0.1) is 25.5 Å². The molecule has 0 amide bonds. The Balaban J connectivity index is 1.58. The molecule has 1 atom stereocenters. The van der Waals surface area contributed by atoms with Crippen molar-refractivity contribution < 1.29 is 18.3 Å². The van der Waals surface area contributed by atoms with E-state index in [-0.39, 0.29) is 6.10 Å². The fourth-order valence-electron chi connectivity index (χ4n) is 2.78. The molecular formula is C17H21F2N3O2. The van der Waals surface area contributed by atoms with Crippen LogP contribution in [-0.4, -0.2) is 36.6 Å². The maximum atomic E-state index is 13.2. The van der Waals surface area contributed by atoms with E-state index in [1.807, 2.05) is 10.9 Å². The Kier molecular flexibility index (Phi) is 5.55. The van der Waals surface area contributed by atoms with Crippen molar-refractivity contribution >= 4 is 0 Å². The van der Waals surface area contributed by atoms with Crippen LogP contribution in [0, 0.1) is 11.6 Å². The van der Waals surface area contributed by atoms with E-state index in [0.29, 0.717) is 38.4 Å². The van der Waals surface area contributed by atoms with Crippen molar-refractivity contribution in [2.24, 2.45) is 0 Å². The lowest BCUT2D eigenvalue weighted by atomic mass is 10.1. The van der Waals surface area contributed by atoms with E-state index in [9.17, 15) is 8.78 Å². The quantitative estimate of drug-likeness (QED) is 0.842. The van der Waals surface area contributed by atoms with Gasteiger partial charge in [0.25, 0.3) is 0 Å². The summed E-state index contributed by atoms with van der Waals surface area (Å²) in [5.41, 5.74) is 2.82. The monoisotopic (exact) mass is 337 g/mol. The number of nitrogens with zero attached hydrogens (tertiary/aromatic N) is 2. The number of hydrogen-bond acceptors (Lipinski definition) is 4. The SMILES string of the molecule is COCCn1cc2c(n1)C(CNCc1ccc(F)c(F)c1)OCC2. The minimum absolute atomic E-state index is 0.136. The summed E-state index contributed by atoms with van der Waals surface area (Å²) >= 11 is 0. The first kappa shape index (κ1) is 17.0. The number of ether oxygens (including phenoxy) is 2. The van der Waals surface area contributed by atoms with Crippen LogP contribution in [0.25, 0.3) is 0 Å². The molecular weight excluding hydrogens is 316 g/mol. The molecule has 0 aliphatic carbocycles. The van der Waals surface area contributed by atoms with Crippen molar-refractivity contribution in [1.82, 2.24) is 15.1 Å². The van der Waals surface area contributed by atoms with Crippen LogP contribution in [0.4, 0.5) is 8.78 Å². The summed E-state index contributed by atoms with van der Waals surface area (Å²) in [5.74, 6) is -1.66. The zero-order chi connectivity index (χ0) is 16.9. The van der Waals surface area contributed by atoms with Gasteiger partial charge in [-0.3, -0.25) is 4.68 Å². The van der Waals surface area contributed by atoms with E-state index < -0.39 is 11.6 Å². The molecule has 0 fully saturated rings. The Labute approximate surface area is 139 Å². The molecule has 0 bridgehead atoms. The Bertz CT molecular complexity index is 690. The lowest BCUT2D eigenvalue weighted by Crippen LogP contribution is -2.27. The number of benzene rings is 1. The molecule has 1 N–H and O–H groups in total. The number of rotatable bonds is 7. The topological polar surface area (TPSA) is 48.3 Å². The first-order valence-corrected chi connectivity index (χ1v) is 7.99. The van der Waals surface area contributed by atoms with Gasteiger partial charge in [-0.2, -0.15) is 5.10 Å². The van der Waals surface area contributed by atoms with Crippen molar-refractivity contribution in [3.8, 4) is 0 Å². The number of aromatic nitrogens is 2. The van der Waals surface area contributed by atoms with Gasteiger partial charge in [-0.25, -0.2) is 8.78 Å². The zero-order valence-corrected chi connectivity index (χ0v) is 13.6. The molecule has 1 unspecified atom stereocenters. The molecule has 1 aromatic carbocycles. The Morgan fingerprint density at radius 3 is 3.04 bits per heavy atom. The van der Waals surface area contributed by atoms with Crippen molar-refractivity contribution in [2.75, 3.05) is 26.9 Å². The van der Waals surface area contributed by atoms with Gasteiger partial charge in [0.15, 0.2) is 11.6 Å². The van der Waals surface area contributed by atoms with Gasteiger partial charge in [-0.15, -0.1) is 0 Å². The predicted molar refractivity (Wildman–Crippen MR) is 84.6 cm³/mol. The molecule has 2 aromatic rings. The lowest BCUT2D eigenvalue weighted by molar-refractivity contribution is 0.0392. The number of nitrogens with one attached hydrogen (secondary N) is 1. The largest absolute Gasteiger partial charge is 0.383 e. The Morgan fingerprint density at radius 2 is 2.25 bits per heavy atom. The molecule has 7 heteroatoms. The third kappa shape index (κ3) is 3.98. The summed E-state index contributed by atoms with van der Waals surface area (Å²) in [7, 11) is 1.66. The van der Waals surface area contributed by atoms with Crippen molar-refractivity contribution in [2.45, 2.75) is 25.6 Å². The van der Waals surface area contributed by atoms with E-state index in [2.05, 4.69) is 10.4 Å². The van der Waals surface area contributed by atoms with Gasteiger partial charge >= 0.3 is 0 Å². The third-order valence-corrected chi connectivity index (χ3v) is 4.03. The molecule has 0 saturated carbocycles. The standard InChI is InChI=1S/C17H21F2N3O2/c1-23-7-5-22-11-13-4-6-24-16(17(13)21-22)10-20-9-12-2-3-14(18)15(19)8-12/h2-3,8,11,16,20H,4-7,9-10H2,1H3. The lowest BCUT2D eigenvalue weighted by Gasteiger charge is -2.22. The zero-order valence-electron chi connectivity index (χ0n) is 13.6. The average molecular weight is 337 g/mol. The molecule has 1 aliphatic heterocycles. The first-order chi connectivity index (χ1) is 11.7. The third-order valence-electron chi connectivity index (χ3n) is 4.03. The molecule has 1 aromatic heterocycles. The molecule has 1 aliphatic rings. The summed E-state index contributed by atoms with van der Waals surface area (Å²) < 4.78 is 38.9. The van der Waals surface area contributed by atoms with Crippen molar-refractivity contribution in [3.05, 3.63) is 52.9 Å². The minimum Gasteiger partial charge on any atom is -0.383 e. The van der Waals surface area contributed by atoms with Crippen LogP contribution in [0.2, 0.25) is 0 Å². The number of fused-ring (bicyclic) bond motifs is 1. The molecule has 3 rings (SSSR count). The van der Waals surface area contributed by atoms with Crippen LogP contribution in [0.5, 0.6) is 0 Å². The van der Waals surface area contributed by atoms with Crippen LogP contribution in [0.3, 0.4) is 0 Å². The van der Waals surface area contributed by atoms with Gasteiger partial charge in [0, 0.05) is 26.4 Å². The molecule has 2 heterocycles. The van der Waals surface area contributed by atoms with Gasteiger partial charge in [-0.1, -0.05) is 6.07 Å². The van der Waals surface area contributed by atoms with E-state index in [0.717, 1.165) is 18.2 Å². The molecule has 0 spiro atoms. The van der Waals surface area contributed by atoms with E-state index in [1.165, 1.54) is 11.6 Å². The second-order valence-corrected chi connectivity index (χ2v) is 5.78. The predicted octanol–water partition coefficient (Wildman–Crippen LogP) is 2.21. The fourth-order valence-corrected chi connectivity index (χ4v) is 2.78. The summed E-state index contributed by atoms with van der Waals surface area (Å²) in [6, 6.07) is 3.91. The van der Waals surface area contributed by atoms with E-state index in [1.54, 1.807) is 13.2 Å². The van der Waals surface area contributed by atoms with E-state index in [4.69, 9.17) is 9.47 Å². The normalized spacial score (nSPS) is 17.0. The summed E-state index contributed by atoms with van der Waals surface area (Å²) in [5, 5.41) is 7.81. The van der Waals surface area contributed by atoms with Crippen LogP contribution >= 0.6 is 0 Å².